The lowest BCUT2D eigenvalue weighted by Gasteiger charge is -2.38. The highest BCUT2D eigenvalue weighted by Gasteiger charge is 2.37. The molecule has 1 aromatic rings. The molecule has 1 saturated heterocycles. The van der Waals surface area contributed by atoms with E-state index in [-0.39, 0.29) is 0 Å². The number of hydrogen-bond donors (Lipinski definition) is 1. The molecule has 3 rings (SSSR count). The zero-order valence-corrected chi connectivity index (χ0v) is 12.1. The second-order valence-electron chi connectivity index (χ2n) is 5.63. The maximum Gasteiger partial charge on any atom is 0.250 e. The largest absolute Gasteiger partial charge is 0.486 e. The van der Waals surface area contributed by atoms with Gasteiger partial charge in [0.2, 0.25) is 0 Å². The number of amides is 1. The van der Waals surface area contributed by atoms with E-state index in [1.54, 1.807) is 6.92 Å². The van der Waals surface area contributed by atoms with Crippen LogP contribution < -0.4 is 15.2 Å². The molecule has 6 heteroatoms. The molecule has 0 unspecified atom stereocenters. The molecule has 0 spiro atoms. The van der Waals surface area contributed by atoms with E-state index in [0.717, 1.165) is 30.2 Å². The third kappa shape index (κ3) is 2.96. The molecule has 0 aromatic heterocycles. The Morgan fingerprint density at radius 2 is 2.05 bits per heavy atom. The normalized spacial score (nSPS) is 25.6. The van der Waals surface area contributed by atoms with Crippen molar-refractivity contribution in [3.63, 3.8) is 0 Å². The summed E-state index contributed by atoms with van der Waals surface area (Å²) in [5.74, 6) is 1.15. The van der Waals surface area contributed by atoms with Crippen molar-refractivity contribution in [1.29, 1.82) is 0 Å². The molecule has 0 saturated carbocycles. The molecule has 6 nitrogen and oxygen atoms in total. The van der Waals surface area contributed by atoms with Crippen molar-refractivity contribution in [2.75, 3.05) is 32.9 Å². The molecular formula is C15H20N2O4. The first-order chi connectivity index (χ1) is 10.1. The first-order valence-corrected chi connectivity index (χ1v) is 7.12. The fourth-order valence-corrected chi connectivity index (χ4v) is 2.68. The van der Waals surface area contributed by atoms with E-state index in [0.29, 0.717) is 26.4 Å². The van der Waals surface area contributed by atoms with Gasteiger partial charge in [0.25, 0.3) is 5.91 Å². The summed E-state index contributed by atoms with van der Waals surface area (Å²) in [6.07, 6.45) is 0. The van der Waals surface area contributed by atoms with Gasteiger partial charge in [0.15, 0.2) is 17.1 Å². The van der Waals surface area contributed by atoms with Gasteiger partial charge in [0.05, 0.1) is 6.61 Å². The molecule has 2 N–H and O–H groups in total. The number of carbonyl (C=O) groups is 1. The molecule has 1 aromatic carbocycles. The molecule has 2 aliphatic rings. The second-order valence-corrected chi connectivity index (χ2v) is 5.63. The van der Waals surface area contributed by atoms with Gasteiger partial charge in [0, 0.05) is 19.6 Å². The Morgan fingerprint density at radius 1 is 1.29 bits per heavy atom. The van der Waals surface area contributed by atoms with E-state index in [1.807, 2.05) is 18.2 Å². The summed E-state index contributed by atoms with van der Waals surface area (Å²) in [7, 11) is 0. The Labute approximate surface area is 123 Å². The van der Waals surface area contributed by atoms with Crippen LogP contribution in [0.2, 0.25) is 0 Å². The van der Waals surface area contributed by atoms with Crippen molar-refractivity contribution in [1.82, 2.24) is 4.90 Å². The van der Waals surface area contributed by atoms with E-state index in [9.17, 15) is 4.79 Å². The Hall–Kier alpha value is -1.79. The highest BCUT2D eigenvalue weighted by atomic mass is 16.6. The van der Waals surface area contributed by atoms with E-state index in [2.05, 4.69) is 4.90 Å². The number of ether oxygens (including phenoxy) is 3. The number of carbonyl (C=O) groups excluding carboxylic acids is 1. The van der Waals surface area contributed by atoms with Crippen LogP contribution in [0.1, 0.15) is 12.5 Å². The first-order valence-electron chi connectivity index (χ1n) is 7.12. The Morgan fingerprint density at radius 3 is 2.81 bits per heavy atom. The summed E-state index contributed by atoms with van der Waals surface area (Å²) < 4.78 is 16.6. The van der Waals surface area contributed by atoms with Crippen LogP contribution in [0.25, 0.3) is 0 Å². The average Bonchev–Trinajstić information content (AvgIpc) is 2.47. The Bertz CT molecular complexity index is 548. The summed E-state index contributed by atoms with van der Waals surface area (Å²) in [4.78, 5) is 13.7. The highest BCUT2D eigenvalue weighted by Crippen LogP contribution is 2.31. The summed E-state index contributed by atoms with van der Waals surface area (Å²) in [6, 6.07) is 5.94. The van der Waals surface area contributed by atoms with E-state index in [4.69, 9.17) is 19.9 Å². The second kappa shape index (κ2) is 5.54. The fraction of sp³-hybridized carbons (Fsp3) is 0.533. The van der Waals surface area contributed by atoms with Gasteiger partial charge in [-0.15, -0.1) is 0 Å². The third-order valence-electron chi connectivity index (χ3n) is 3.89. The smallest absolute Gasteiger partial charge is 0.250 e. The van der Waals surface area contributed by atoms with Crippen LogP contribution in [0.4, 0.5) is 0 Å². The van der Waals surface area contributed by atoms with Crippen LogP contribution in [0, 0.1) is 0 Å². The molecule has 1 amide bonds. The molecule has 0 bridgehead atoms. The lowest BCUT2D eigenvalue weighted by Crippen LogP contribution is -2.56. The summed E-state index contributed by atoms with van der Waals surface area (Å²) in [5.41, 5.74) is 5.63. The van der Waals surface area contributed by atoms with Crippen LogP contribution in [0.5, 0.6) is 11.5 Å². The van der Waals surface area contributed by atoms with Gasteiger partial charge in [0.1, 0.15) is 13.2 Å². The molecular weight excluding hydrogens is 272 g/mol. The minimum absolute atomic E-state index is 0.422. The van der Waals surface area contributed by atoms with Gasteiger partial charge in [-0.05, 0) is 24.6 Å². The number of benzene rings is 1. The lowest BCUT2D eigenvalue weighted by atomic mass is 10.0. The topological polar surface area (TPSA) is 74.0 Å². The van der Waals surface area contributed by atoms with Gasteiger partial charge in [-0.2, -0.15) is 0 Å². The minimum Gasteiger partial charge on any atom is -0.486 e. The Kier molecular flexibility index (Phi) is 3.73. The van der Waals surface area contributed by atoms with Crippen molar-refractivity contribution < 1.29 is 19.0 Å². The monoisotopic (exact) mass is 292 g/mol. The van der Waals surface area contributed by atoms with Crippen LogP contribution >= 0.6 is 0 Å². The molecule has 114 valence electrons. The van der Waals surface area contributed by atoms with Crippen LogP contribution in [-0.2, 0) is 16.1 Å². The van der Waals surface area contributed by atoms with E-state index < -0.39 is 11.5 Å². The third-order valence-corrected chi connectivity index (χ3v) is 3.89. The zero-order valence-electron chi connectivity index (χ0n) is 12.1. The maximum absolute atomic E-state index is 11.5. The van der Waals surface area contributed by atoms with E-state index >= 15 is 0 Å². The van der Waals surface area contributed by atoms with Crippen LogP contribution in [0.3, 0.4) is 0 Å². The zero-order chi connectivity index (χ0) is 14.9. The quantitative estimate of drug-likeness (QED) is 0.880. The molecule has 1 fully saturated rings. The number of rotatable bonds is 3. The van der Waals surface area contributed by atoms with Crippen molar-refractivity contribution in [2.24, 2.45) is 5.73 Å². The SMILES string of the molecule is C[C@@]1(C(N)=O)CN(Cc2ccc3c(c2)OCCO3)CCO1. The molecule has 0 radical (unpaired) electrons. The van der Waals surface area contributed by atoms with Gasteiger partial charge in [-0.1, -0.05) is 6.07 Å². The first kappa shape index (κ1) is 14.2. The summed E-state index contributed by atoms with van der Waals surface area (Å²) in [6.45, 7) is 5.41. The maximum atomic E-state index is 11.5. The number of nitrogens with zero attached hydrogens (tertiary/aromatic N) is 1. The predicted molar refractivity (Wildman–Crippen MR) is 76.3 cm³/mol. The molecule has 2 aliphatic heterocycles. The minimum atomic E-state index is -0.911. The van der Waals surface area contributed by atoms with Gasteiger partial charge in [-0.25, -0.2) is 0 Å². The van der Waals surface area contributed by atoms with Crippen molar-refractivity contribution in [3.8, 4) is 11.5 Å². The van der Waals surface area contributed by atoms with Gasteiger partial charge >= 0.3 is 0 Å². The van der Waals surface area contributed by atoms with Crippen molar-refractivity contribution in [3.05, 3.63) is 23.8 Å². The Balaban J connectivity index is 1.70. The number of nitrogens with two attached hydrogens (primary N) is 1. The molecule has 0 aliphatic carbocycles. The molecule has 21 heavy (non-hydrogen) atoms. The van der Waals surface area contributed by atoms with Crippen LogP contribution in [-0.4, -0.2) is 49.3 Å². The average molecular weight is 292 g/mol. The number of fused-ring (bicyclic) bond motifs is 1. The van der Waals surface area contributed by atoms with Gasteiger partial charge < -0.3 is 19.9 Å². The predicted octanol–water partition coefficient (Wildman–Crippen LogP) is 0.534. The highest BCUT2D eigenvalue weighted by molar-refractivity contribution is 5.83. The summed E-state index contributed by atoms with van der Waals surface area (Å²) >= 11 is 0. The number of morpholine rings is 1. The number of hydrogen-bond acceptors (Lipinski definition) is 5. The van der Waals surface area contributed by atoms with Crippen LogP contribution in [0.15, 0.2) is 18.2 Å². The van der Waals surface area contributed by atoms with Gasteiger partial charge in [-0.3, -0.25) is 9.69 Å². The lowest BCUT2D eigenvalue weighted by molar-refractivity contribution is -0.153. The molecule has 2 heterocycles. The van der Waals surface area contributed by atoms with E-state index in [1.165, 1.54) is 0 Å². The van der Waals surface area contributed by atoms with Crippen molar-refractivity contribution >= 4 is 5.91 Å². The fourth-order valence-electron chi connectivity index (χ4n) is 2.68. The van der Waals surface area contributed by atoms with Crippen molar-refractivity contribution in [2.45, 2.75) is 19.1 Å². The molecule has 1 atom stereocenters. The number of primary amides is 1. The standard InChI is InChI=1S/C15H20N2O4/c1-15(14(16)18)10-17(4-5-21-15)9-11-2-3-12-13(8-11)20-7-6-19-12/h2-3,8H,4-7,9-10H2,1H3,(H2,16,18)/t15-/m0/s1. The summed E-state index contributed by atoms with van der Waals surface area (Å²) in [5, 5.41) is 0.